The smallest absolute Gasteiger partial charge is 0.0723 e. The predicted octanol–water partition coefficient (Wildman–Crippen LogP) is 8.08. The van der Waals surface area contributed by atoms with Crippen LogP contribution in [0.5, 0.6) is 0 Å². The van der Waals surface area contributed by atoms with E-state index in [2.05, 4.69) is 78.2 Å². The van der Waals surface area contributed by atoms with Gasteiger partial charge in [-0.1, -0.05) is 49.9 Å². The van der Waals surface area contributed by atoms with Gasteiger partial charge in [-0.05, 0) is 97.0 Å². The van der Waals surface area contributed by atoms with Crippen molar-refractivity contribution in [3.05, 3.63) is 114 Å². The quantitative estimate of drug-likeness (QED) is 0.205. The summed E-state index contributed by atoms with van der Waals surface area (Å²) in [6, 6.07) is 19.2. The zero-order valence-corrected chi connectivity index (χ0v) is 23.3. The Labute approximate surface area is 237 Å². The molecule has 2 aromatic carbocycles. The standard InChI is InChI=1S/C35H37N5/c1-22(38-33-12-6-11-31(23(33)2)28-14-13-26-9-5-10-27(26)18-28)17-35-32(36)15-16-34(40-35)29-19-30(21-37-20-29)39-24(3)25-7-4-8-25/h6,11-16,18-21,25,38-39H,1,3-5,7-10,17,36H2,2H3. The highest BCUT2D eigenvalue weighted by Gasteiger charge is 2.20. The number of nitrogen functional groups attached to an aromatic ring is 1. The highest BCUT2D eigenvalue weighted by atomic mass is 14.9. The van der Waals surface area contributed by atoms with Crippen molar-refractivity contribution in [2.24, 2.45) is 5.92 Å². The van der Waals surface area contributed by atoms with Crippen molar-refractivity contribution >= 4 is 17.1 Å². The van der Waals surface area contributed by atoms with Crippen LogP contribution in [0.3, 0.4) is 0 Å². The molecule has 202 valence electrons. The van der Waals surface area contributed by atoms with Gasteiger partial charge >= 0.3 is 0 Å². The summed E-state index contributed by atoms with van der Waals surface area (Å²) in [6.45, 7) is 10.7. The van der Waals surface area contributed by atoms with Gasteiger partial charge in [-0.3, -0.25) is 9.97 Å². The molecule has 0 unspecified atom stereocenters. The first kappa shape index (κ1) is 25.9. The van der Waals surface area contributed by atoms with Crippen LogP contribution in [0.15, 0.2) is 91.5 Å². The van der Waals surface area contributed by atoms with Crippen LogP contribution in [-0.2, 0) is 19.3 Å². The Morgan fingerprint density at radius 2 is 1.77 bits per heavy atom. The van der Waals surface area contributed by atoms with Gasteiger partial charge in [-0.25, -0.2) is 0 Å². The molecule has 2 heterocycles. The summed E-state index contributed by atoms with van der Waals surface area (Å²) < 4.78 is 0. The van der Waals surface area contributed by atoms with Crippen LogP contribution in [0, 0.1) is 12.8 Å². The summed E-state index contributed by atoms with van der Waals surface area (Å²) in [5.74, 6) is 0.557. The number of nitrogens with two attached hydrogens (primary N) is 1. The van der Waals surface area contributed by atoms with Gasteiger partial charge in [0, 0.05) is 35.3 Å². The molecular formula is C35H37N5. The van der Waals surface area contributed by atoms with E-state index in [0.717, 1.165) is 39.7 Å². The fourth-order valence-corrected chi connectivity index (χ4v) is 5.77. The Kier molecular flexibility index (Phi) is 7.12. The number of allylic oxidation sites excluding steroid dienone is 2. The number of anilines is 3. The number of fused-ring (bicyclic) bond motifs is 1. The summed E-state index contributed by atoms with van der Waals surface area (Å²) in [5, 5.41) is 6.98. The number of pyridine rings is 2. The lowest BCUT2D eigenvalue weighted by atomic mass is 9.83. The number of rotatable bonds is 9. The topological polar surface area (TPSA) is 75.9 Å². The molecule has 6 rings (SSSR count). The fraction of sp³-hybridized carbons (Fsp3) is 0.257. The fourth-order valence-electron chi connectivity index (χ4n) is 5.77. The predicted molar refractivity (Wildman–Crippen MR) is 167 cm³/mol. The van der Waals surface area contributed by atoms with Crippen LogP contribution < -0.4 is 16.4 Å². The second-order valence-corrected chi connectivity index (χ2v) is 11.2. The summed E-state index contributed by atoms with van der Waals surface area (Å²) in [6.07, 6.45) is 11.5. The Morgan fingerprint density at radius 1 is 0.925 bits per heavy atom. The van der Waals surface area contributed by atoms with Crippen molar-refractivity contribution in [2.75, 3.05) is 16.4 Å². The lowest BCUT2D eigenvalue weighted by molar-refractivity contribution is 0.371. The second kappa shape index (κ2) is 11.0. The molecule has 0 aliphatic heterocycles. The molecule has 2 aliphatic rings. The first-order valence-corrected chi connectivity index (χ1v) is 14.3. The molecule has 0 atom stereocenters. The van der Waals surface area contributed by atoms with E-state index in [-0.39, 0.29) is 0 Å². The largest absolute Gasteiger partial charge is 0.397 e. The van der Waals surface area contributed by atoms with Crippen LogP contribution in [0.1, 0.15) is 48.1 Å². The molecule has 0 spiro atoms. The van der Waals surface area contributed by atoms with E-state index < -0.39 is 0 Å². The van der Waals surface area contributed by atoms with Crippen LogP contribution in [0.4, 0.5) is 17.1 Å². The normalized spacial score (nSPS) is 14.3. The Hall–Kier alpha value is -4.38. The summed E-state index contributed by atoms with van der Waals surface area (Å²) in [7, 11) is 0. The molecule has 0 radical (unpaired) electrons. The van der Waals surface area contributed by atoms with E-state index in [9.17, 15) is 0 Å². The molecule has 4 aromatic rings. The molecule has 0 saturated heterocycles. The SMILES string of the molecule is C=C(Cc1nc(-c2cncc(NC(=C)C3CCC3)c2)ccc1N)Nc1cccc(-c2ccc3c(c2)CCC3)c1C. The van der Waals surface area contributed by atoms with Gasteiger partial charge in [0.2, 0.25) is 0 Å². The number of hydrogen-bond donors (Lipinski definition) is 3. The third-order valence-corrected chi connectivity index (χ3v) is 8.38. The highest BCUT2D eigenvalue weighted by Crippen LogP contribution is 2.34. The molecule has 2 aromatic heterocycles. The molecule has 0 amide bonds. The highest BCUT2D eigenvalue weighted by molar-refractivity contribution is 5.75. The molecule has 5 nitrogen and oxygen atoms in total. The van der Waals surface area contributed by atoms with Gasteiger partial charge < -0.3 is 16.4 Å². The minimum Gasteiger partial charge on any atom is -0.397 e. The van der Waals surface area contributed by atoms with Crippen molar-refractivity contribution in [3.63, 3.8) is 0 Å². The van der Waals surface area contributed by atoms with Crippen molar-refractivity contribution < 1.29 is 0 Å². The van der Waals surface area contributed by atoms with Gasteiger partial charge in [0.05, 0.1) is 29.0 Å². The Bertz CT molecular complexity index is 1600. The molecule has 40 heavy (non-hydrogen) atoms. The average molecular weight is 528 g/mol. The minimum absolute atomic E-state index is 0.520. The van der Waals surface area contributed by atoms with E-state index in [0.29, 0.717) is 18.0 Å². The zero-order chi connectivity index (χ0) is 27.6. The second-order valence-electron chi connectivity index (χ2n) is 11.2. The van der Waals surface area contributed by atoms with Crippen molar-refractivity contribution in [1.82, 2.24) is 9.97 Å². The molecule has 1 saturated carbocycles. The van der Waals surface area contributed by atoms with Crippen molar-refractivity contribution in [2.45, 2.75) is 51.9 Å². The van der Waals surface area contributed by atoms with Crippen LogP contribution in [-0.4, -0.2) is 9.97 Å². The first-order valence-electron chi connectivity index (χ1n) is 14.3. The van der Waals surface area contributed by atoms with Gasteiger partial charge in [0.1, 0.15) is 0 Å². The summed E-state index contributed by atoms with van der Waals surface area (Å²) in [5.41, 5.74) is 20.2. The molecule has 0 bridgehead atoms. The van der Waals surface area contributed by atoms with Crippen LogP contribution in [0.25, 0.3) is 22.4 Å². The van der Waals surface area contributed by atoms with Crippen molar-refractivity contribution in [3.8, 4) is 22.4 Å². The number of hydrogen-bond acceptors (Lipinski definition) is 5. The maximum atomic E-state index is 6.36. The van der Waals surface area contributed by atoms with E-state index in [1.807, 2.05) is 24.5 Å². The third kappa shape index (κ3) is 5.37. The summed E-state index contributed by atoms with van der Waals surface area (Å²) in [4.78, 5) is 9.35. The Morgan fingerprint density at radius 3 is 2.60 bits per heavy atom. The van der Waals surface area contributed by atoms with Crippen molar-refractivity contribution in [1.29, 1.82) is 0 Å². The van der Waals surface area contributed by atoms with Gasteiger partial charge in [0.25, 0.3) is 0 Å². The number of aryl methyl sites for hydroxylation is 2. The van der Waals surface area contributed by atoms with Gasteiger partial charge in [0.15, 0.2) is 0 Å². The van der Waals surface area contributed by atoms with E-state index in [1.165, 1.54) is 66.3 Å². The third-order valence-electron chi connectivity index (χ3n) is 8.38. The summed E-state index contributed by atoms with van der Waals surface area (Å²) >= 11 is 0. The van der Waals surface area contributed by atoms with E-state index in [1.54, 1.807) is 0 Å². The number of nitrogens with one attached hydrogen (secondary N) is 2. The molecule has 2 aliphatic carbocycles. The number of nitrogens with zero attached hydrogens (tertiary/aromatic N) is 2. The zero-order valence-electron chi connectivity index (χ0n) is 23.3. The lowest BCUT2D eigenvalue weighted by Crippen LogP contribution is -2.18. The number of benzene rings is 2. The van der Waals surface area contributed by atoms with E-state index >= 15 is 0 Å². The van der Waals surface area contributed by atoms with Crippen LogP contribution in [0.2, 0.25) is 0 Å². The molecule has 4 N–H and O–H groups in total. The van der Waals surface area contributed by atoms with Gasteiger partial charge in [-0.15, -0.1) is 0 Å². The first-order chi connectivity index (χ1) is 19.4. The van der Waals surface area contributed by atoms with Crippen LogP contribution >= 0.6 is 0 Å². The molecule has 5 heteroatoms. The minimum atomic E-state index is 0.520. The maximum absolute atomic E-state index is 6.36. The lowest BCUT2D eigenvalue weighted by Gasteiger charge is -2.28. The average Bonchev–Trinajstić information content (AvgIpc) is 3.38. The van der Waals surface area contributed by atoms with E-state index in [4.69, 9.17) is 10.7 Å². The monoisotopic (exact) mass is 527 g/mol. The molecular weight excluding hydrogens is 490 g/mol. The Balaban J connectivity index is 1.17. The molecule has 1 fully saturated rings. The number of aromatic nitrogens is 2. The van der Waals surface area contributed by atoms with Gasteiger partial charge in [-0.2, -0.15) is 0 Å². The maximum Gasteiger partial charge on any atom is 0.0723 e.